The summed E-state index contributed by atoms with van der Waals surface area (Å²) in [6.45, 7) is 5.58. The van der Waals surface area contributed by atoms with Crippen molar-refractivity contribution in [3.8, 4) is 5.88 Å². The third-order valence-electron chi connectivity index (χ3n) is 4.51. The summed E-state index contributed by atoms with van der Waals surface area (Å²) >= 11 is 0. The molecule has 4 heterocycles. The van der Waals surface area contributed by atoms with Crippen LogP contribution in [0.2, 0.25) is 0 Å². The fourth-order valence-corrected chi connectivity index (χ4v) is 3.19. The lowest BCUT2D eigenvalue weighted by Crippen LogP contribution is -2.48. The van der Waals surface area contributed by atoms with E-state index in [9.17, 15) is 4.79 Å². The van der Waals surface area contributed by atoms with E-state index in [0.29, 0.717) is 18.2 Å². The maximum Gasteiger partial charge on any atom is 0.274 e. The van der Waals surface area contributed by atoms with E-state index in [-0.39, 0.29) is 5.91 Å². The number of aromatic nitrogens is 3. The first-order valence-electron chi connectivity index (χ1n) is 8.41. The molecule has 0 aromatic carbocycles. The Labute approximate surface area is 140 Å². The van der Waals surface area contributed by atoms with Crippen LogP contribution in [0.15, 0.2) is 30.6 Å². The number of nitrogens with zero attached hydrogens (tertiary/aromatic N) is 5. The van der Waals surface area contributed by atoms with Gasteiger partial charge in [0.1, 0.15) is 0 Å². The number of piperazine rings is 1. The SMILES string of the molecule is O=C(c1cc2n(n1)CCCO2)N1CCN(Cc2cccnc2)CC1. The molecule has 1 saturated heterocycles. The van der Waals surface area contributed by atoms with Crippen molar-refractivity contribution in [1.29, 1.82) is 0 Å². The van der Waals surface area contributed by atoms with Gasteiger partial charge >= 0.3 is 0 Å². The van der Waals surface area contributed by atoms with Gasteiger partial charge in [-0.05, 0) is 11.6 Å². The molecule has 0 radical (unpaired) electrons. The van der Waals surface area contributed by atoms with Crippen molar-refractivity contribution in [1.82, 2.24) is 24.6 Å². The molecule has 0 N–H and O–H groups in total. The van der Waals surface area contributed by atoms with Crippen molar-refractivity contribution in [2.24, 2.45) is 0 Å². The summed E-state index contributed by atoms with van der Waals surface area (Å²) in [5.74, 6) is 0.710. The predicted molar refractivity (Wildman–Crippen MR) is 87.8 cm³/mol. The standard InChI is InChI=1S/C17H21N5O2/c23-17(15-11-16-22(19-15)5-2-10-24-16)21-8-6-20(7-9-21)13-14-3-1-4-18-12-14/h1,3-4,11-12H,2,5-10,13H2. The molecule has 0 unspecified atom stereocenters. The molecule has 0 aliphatic carbocycles. The molecule has 1 fully saturated rings. The second-order valence-corrected chi connectivity index (χ2v) is 6.22. The van der Waals surface area contributed by atoms with Gasteiger partial charge in [-0.15, -0.1) is 0 Å². The number of hydrogen-bond donors (Lipinski definition) is 0. The quantitative estimate of drug-likeness (QED) is 0.842. The summed E-state index contributed by atoms with van der Waals surface area (Å²) in [6, 6.07) is 5.81. The molecule has 2 aromatic rings. The summed E-state index contributed by atoms with van der Waals surface area (Å²) in [5, 5.41) is 4.39. The summed E-state index contributed by atoms with van der Waals surface area (Å²) in [7, 11) is 0. The summed E-state index contributed by atoms with van der Waals surface area (Å²) in [5.41, 5.74) is 1.70. The monoisotopic (exact) mass is 327 g/mol. The van der Waals surface area contributed by atoms with Gasteiger partial charge in [-0.3, -0.25) is 14.7 Å². The molecule has 2 aliphatic rings. The molecular formula is C17H21N5O2. The number of rotatable bonds is 3. The molecule has 0 bridgehead atoms. The predicted octanol–water partition coefficient (Wildman–Crippen LogP) is 1.02. The van der Waals surface area contributed by atoms with Crippen molar-refractivity contribution < 1.29 is 9.53 Å². The Kier molecular flexibility index (Phi) is 4.17. The van der Waals surface area contributed by atoms with Gasteiger partial charge in [-0.2, -0.15) is 5.10 Å². The zero-order valence-corrected chi connectivity index (χ0v) is 13.6. The fourth-order valence-electron chi connectivity index (χ4n) is 3.19. The van der Waals surface area contributed by atoms with Crippen LogP contribution in [-0.4, -0.2) is 63.3 Å². The number of carbonyl (C=O) groups is 1. The van der Waals surface area contributed by atoms with Gasteiger partial charge in [0, 0.05) is 64.1 Å². The van der Waals surface area contributed by atoms with E-state index in [2.05, 4.69) is 21.0 Å². The molecule has 126 valence electrons. The molecule has 0 saturated carbocycles. The number of amides is 1. The first kappa shape index (κ1) is 15.1. The van der Waals surface area contributed by atoms with E-state index in [1.54, 1.807) is 16.9 Å². The van der Waals surface area contributed by atoms with Crippen molar-refractivity contribution in [2.45, 2.75) is 19.5 Å². The van der Waals surface area contributed by atoms with Crippen LogP contribution in [0.25, 0.3) is 0 Å². The minimum atomic E-state index is 0.00141. The van der Waals surface area contributed by atoms with Crippen LogP contribution in [0.4, 0.5) is 0 Å². The first-order valence-corrected chi connectivity index (χ1v) is 8.41. The zero-order chi connectivity index (χ0) is 16.4. The van der Waals surface area contributed by atoms with Crippen molar-refractivity contribution in [3.63, 3.8) is 0 Å². The highest BCUT2D eigenvalue weighted by molar-refractivity contribution is 5.92. The van der Waals surface area contributed by atoms with Crippen molar-refractivity contribution >= 4 is 5.91 Å². The van der Waals surface area contributed by atoms with Crippen LogP contribution in [0, 0.1) is 0 Å². The lowest BCUT2D eigenvalue weighted by Gasteiger charge is -2.34. The van der Waals surface area contributed by atoms with Gasteiger partial charge in [0.05, 0.1) is 6.61 Å². The van der Waals surface area contributed by atoms with Crippen LogP contribution in [0.5, 0.6) is 5.88 Å². The van der Waals surface area contributed by atoms with Gasteiger partial charge in [0.25, 0.3) is 5.91 Å². The largest absolute Gasteiger partial charge is 0.478 e. The molecule has 2 aromatic heterocycles. The van der Waals surface area contributed by atoms with E-state index < -0.39 is 0 Å². The molecular weight excluding hydrogens is 306 g/mol. The van der Waals surface area contributed by atoms with Crippen molar-refractivity contribution in [3.05, 3.63) is 41.9 Å². The summed E-state index contributed by atoms with van der Waals surface area (Å²) in [4.78, 5) is 21.0. The summed E-state index contributed by atoms with van der Waals surface area (Å²) < 4.78 is 7.33. The molecule has 4 rings (SSSR count). The lowest BCUT2D eigenvalue weighted by molar-refractivity contribution is 0.0621. The van der Waals surface area contributed by atoms with Gasteiger partial charge in [-0.25, -0.2) is 4.68 Å². The zero-order valence-electron chi connectivity index (χ0n) is 13.6. The molecule has 2 aliphatic heterocycles. The average molecular weight is 327 g/mol. The Morgan fingerprint density at radius 1 is 1.21 bits per heavy atom. The van der Waals surface area contributed by atoms with Crippen LogP contribution in [-0.2, 0) is 13.1 Å². The highest BCUT2D eigenvalue weighted by Gasteiger charge is 2.25. The number of carbonyl (C=O) groups excluding carboxylic acids is 1. The van der Waals surface area contributed by atoms with E-state index in [1.165, 1.54) is 5.56 Å². The number of fused-ring (bicyclic) bond motifs is 1. The Balaban J connectivity index is 1.35. The van der Waals surface area contributed by atoms with Gasteiger partial charge in [0.2, 0.25) is 5.88 Å². The molecule has 1 amide bonds. The molecule has 7 heteroatoms. The molecule has 7 nitrogen and oxygen atoms in total. The molecule has 0 atom stereocenters. The lowest BCUT2D eigenvalue weighted by atomic mass is 10.2. The maximum atomic E-state index is 12.6. The second kappa shape index (κ2) is 6.60. The number of ether oxygens (including phenoxy) is 1. The Morgan fingerprint density at radius 2 is 2.08 bits per heavy atom. The third-order valence-corrected chi connectivity index (χ3v) is 4.51. The van der Waals surface area contributed by atoms with Crippen LogP contribution in [0.1, 0.15) is 22.5 Å². The topological polar surface area (TPSA) is 63.5 Å². The number of pyridine rings is 1. The maximum absolute atomic E-state index is 12.6. The number of aryl methyl sites for hydroxylation is 1. The Bertz CT molecular complexity index is 684. The van der Waals surface area contributed by atoms with Crippen LogP contribution in [0.3, 0.4) is 0 Å². The van der Waals surface area contributed by atoms with Crippen LogP contribution < -0.4 is 4.74 Å². The highest BCUT2D eigenvalue weighted by atomic mass is 16.5. The van der Waals surface area contributed by atoms with E-state index in [1.807, 2.05) is 17.2 Å². The molecule has 0 spiro atoms. The fraction of sp³-hybridized carbons (Fsp3) is 0.471. The first-order chi connectivity index (χ1) is 11.8. The number of hydrogen-bond acceptors (Lipinski definition) is 5. The van der Waals surface area contributed by atoms with Gasteiger partial charge < -0.3 is 9.64 Å². The highest BCUT2D eigenvalue weighted by Crippen LogP contribution is 2.20. The van der Waals surface area contributed by atoms with E-state index in [0.717, 1.165) is 45.7 Å². The smallest absolute Gasteiger partial charge is 0.274 e. The Hall–Kier alpha value is -2.41. The second-order valence-electron chi connectivity index (χ2n) is 6.22. The minimum absolute atomic E-state index is 0.00141. The molecule has 24 heavy (non-hydrogen) atoms. The normalized spacial score (nSPS) is 18.1. The van der Waals surface area contributed by atoms with Crippen LogP contribution >= 0.6 is 0 Å². The Morgan fingerprint density at radius 3 is 2.83 bits per heavy atom. The van der Waals surface area contributed by atoms with Gasteiger partial charge in [0.15, 0.2) is 5.69 Å². The summed E-state index contributed by atoms with van der Waals surface area (Å²) in [6.07, 6.45) is 4.62. The van der Waals surface area contributed by atoms with E-state index in [4.69, 9.17) is 4.74 Å². The van der Waals surface area contributed by atoms with Crippen molar-refractivity contribution in [2.75, 3.05) is 32.8 Å². The van der Waals surface area contributed by atoms with Gasteiger partial charge in [-0.1, -0.05) is 6.07 Å². The average Bonchev–Trinajstić information content (AvgIpc) is 3.07. The third kappa shape index (κ3) is 3.12. The minimum Gasteiger partial charge on any atom is -0.478 e. The van der Waals surface area contributed by atoms with E-state index >= 15 is 0 Å².